The average Bonchev–Trinajstić information content (AvgIpc) is 3.70. The topological polar surface area (TPSA) is 104 Å². The number of unbranched alkanes of at least 4 members (excludes halogenated alkanes) is 30. The van der Waals surface area contributed by atoms with Gasteiger partial charge in [-0.25, -0.2) is 4.90 Å². The number of anilines is 2. The fraction of sp³-hybridized carbons (Fsp3) is 0.814. The number of carbonyl (C=O) groups excluding carboxylic acids is 3. The molecule has 0 unspecified atom stereocenters. The third kappa shape index (κ3) is 34.4. The normalized spacial score (nSPS) is 13.1. The second kappa shape index (κ2) is 46.4. The predicted molar refractivity (Wildman–Crippen MR) is 287 cm³/mol. The smallest absolute Gasteiger partial charge is 0.258 e. The molecule has 0 aromatic heterocycles. The van der Waals surface area contributed by atoms with Crippen molar-refractivity contribution in [3.05, 3.63) is 36.4 Å². The van der Waals surface area contributed by atoms with Gasteiger partial charge in [-0.1, -0.05) is 213 Å². The van der Waals surface area contributed by atoms with Gasteiger partial charge in [-0.05, 0) is 43.5 Å². The van der Waals surface area contributed by atoms with Gasteiger partial charge < -0.3 is 28.6 Å². The molecule has 0 radical (unpaired) electrons. The number of hydrogen-bond acceptors (Lipinski definition) is 8. The molecule has 10 nitrogen and oxygen atoms in total. The van der Waals surface area contributed by atoms with Crippen molar-refractivity contribution in [2.45, 2.75) is 245 Å². The summed E-state index contributed by atoms with van der Waals surface area (Å²) in [6.45, 7) is 11.6. The lowest BCUT2D eigenvalue weighted by Crippen LogP contribution is -2.34. The Bertz CT molecular complexity index is 1350. The van der Waals surface area contributed by atoms with Crippen molar-refractivity contribution >= 4 is 29.1 Å². The number of nitrogens with zero attached hydrogens (tertiary/aromatic N) is 2. The van der Waals surface area contributed by atoms with Crippen LogP contribution in [0.15, 0.2) is 36.4 Å². The van der Waals surface area contributed by atoms with E-state index in [1.807, 2.05) is 6.92 Å². The number of carbonyl (C=O) groups is 3. The van der Waals surface area contributed by atoms with Crippen molar-refractivity contribution in [1.29, 1.82) is 0 Å². The van der Waals surface area contributed by atoms with Crippen molar-refractivity contribution in [1.82, 2.24) is 0 Å². The molecule has 0 saturated heterocycles. The predicted octanol–water partition coefficient (Wildman–Crippen LogP) is 15.2. The van der Waals surface area contributed by atoms with Crippen molar-refractivity contribution in [2.75, 3.05) is 75.8 Å². The van der Waals surface area contributed by atoms with E-state index in [0.717, 1.165) is 37.4 Å². The van der Waals surface area contributed by atoms with E-state index in [1.165, 1.54) is 205 Å². The molecule has 0 N–H and O–H groups in total. The highest BCUT2D eigenvalue weighted by Gasteiger charge is 2.25. The summed E-state index contributed by atoms with van der Waals surface area (Å²) in [7, 11) is 0. The molecule has 1 aliphatic rings. The Balaban J connectivity index is 1.59. The van der Waals surface area contributed by atoms with Gasteiger partial charge in [-0.2, -0.15) is 0 Å². The largest absolute Gasteiger partial charge is 0.379 e. The van der Waals surface area contributed by atoms with Crippen molar-refractivity contribution < 1.29 is 38.1 Å². The molecule has 0 fully saturated rings. The SMILES string of the molecule is CCCCCCCCCCCCCCCCCCOC[C@@H](COCCOCCOCCN(C(=O)CCC)c1ccc(N2C(=O)C=CC2=O)cc1)OCCCCCCCCCCCCCCCCCC. The van der Waals surface area contributed by atoms with Crippen molar-refractivity contribution in [3.8, 4) is 0 Å². The van der Waals surface area contributed by atoms with Crippen LogP contribution >= 0.6 is 0 Å². The van der Waals surface area contributed by atoms with Gasteiger partial charge in [-0.15, -0.1) is 0 Å². The van der Waals surface area contributed by atoms with Gasteiger partial charge in [0.15, 0.2) is 0 Å². The second-order valence-corrected chi connectivity index (χ2v) is 19.6. The zero-order chi connectivity index (χ0) is 49.5. The monoisotopic (exact) mass is 969 g/mol. The Morgan fingerprint density at radius 1 is 0.435 bits per heavy atom. The molecule has 1 aromatic rings. The molecule has 1 aliphatic heterocycles. The quantitative estimate of drug-likeness (QED) is 0.0470. The lowest BCUT2D eigenvalue weighted by atomic mass is 10.0. The number of hydrogen-bond donors (Lipinski definition) is 0. The van der Waals surface area contributed by atoms with E-state index in [-0.39, 0.29) is 23.8 Å². The van der Waals surface area contributed by atoms with Gasteiger partial charge in [-0.3, -0.25) is 14.4 Å². The number of amides is 3. The Morgan fingerprint density at radius 3 is 1.22 bits per heavy atom. The summed E-state index contributed by atoms with van der Waals surface area (Å²) in [5, 5.41) is 0. The summed E-state index contributed by atoms with van der Waals surface area (Å²) in [5.74, 6) is -0.748. The van der Waals surface area contributed by atoms with Crippen molar-refractivity contribution in [3.63, 3.8) is 0 Å². The molecule has 0 spiro atoms. The third-order valence-electron chi connectivity index (χ3n) is 13.3. The van der Waals surface area contributed by atoms with Crippen LogP contribution in [-0.2, 0) is 38.1 Å². The van der Waals surface area contributed by atoms with E-state index in [9.17, 15) is 14.4 Å². The molecule has 3 amide bonds. The first-order valence-electron chi connectivity index (χ1n) is 28.9. The van der Waals surface area contributed by atoms with E-state index in [4.69, 9.17) is 23.7 Å². The molecular formula is C59H104N2O8. The van der Waals surface area contributed by atoms with Crippen LogP contribution in [-0.4, -0.2) is 89.8 Å². The van der Waals surface area contributed by atoms with Gasteiger partial charge in [0.1, 0.15) is 6.10 Å². The van der Waals surface area contributed by atoms with Gasteiger partial charge in [0.2, 0.25) is 5.91 Å². The molecule has 0 bridgehead atoms. The van der Waals surface area contributed by atoms with Crippen LogP contribution in [0.1, 0.15) is 239 Å². The van der Waals surface area contributed by atoms with E-state index in [0.29, 0.717) is 70.6 Å². The fourth-order valence-corrected chi connectivity index (χ4v) is 9.00. The van der Waals surface area contributed by atoms with Crippen LogP contribution in [0.3, 0.4) is 0 Å². The van der Waals surface area contributed by atoms with Crippen LogP contribution in [0.25, 0.3) is 0 Å². The minimum atomic E-state index is -0.372. The molecule has 1 atom stereocenters. The first-order valence-corrected chi connectivity index (χ1v) is 28.9. The first-order chi connectivity index (χ1) is 34.0. The maximum absolute atomic E-state index is 13.0. The number of imide groups is 1. The van der Waals surface area contributed by atoms with Gasteiger partial charge in [0.25, 0.3) is 11.8 Å². The first kappa shape index (κ1) is 62.5. The average molecular weight is 969 g/mol. The summed E-state index contributed by atoms with van der Waals surface area (Å²) >= 11 is 0. The molecule has 1 heterocycles. The molecule has 2 rings (SSSR count). The molecule has 0 aliphatic carbocycles. The Labute approximate surface area is 423 Å². The lowest BCUT2D eigenvalue weighted by Gasteiger charge is -2.24. The van der Waals surface area contributed by atoms with Crippen LogP contribution in [0.2, 0.25) is 0 Å². The molecule has 0 saturated carbocycles. The highest BCUT2D eigenvalue weighted by molar-refractivity contribution is 6.28. The molecule has 1 aromatic carbocycles. The zero-order valence-corrected chi connectivity index (χ0v) is 44.8. The zero-order valence-electron chi connectivity index (χ0n) is 44.8. The van der Waals surface area contributed by atoms with Crippen LogP contribution in [0.5, 0.6) is 0 Å². The van der Waals surface area contributed by atoms with E-state index in [2.05, 4.69) is 13.8 Å². The van der Waals surface area contributed by atoms with Crippen LogP contribution in [0, 0.1) is 0 Å². The standard InChI is InChI=1S/C59H104N2O8/c1-4-7-9-11-13-15-17-19-21-23-25-27-29-31-33-35-45-67-52-56(69-46-36-34-32-30-28-26-24-22-20-18-16-14-12-10-8-5-2)53-68-51-50-66-49-48-65-47-44-60(57(62)37-6-3)54-38-40-55(41-39-54)61-58(63)42-43-59(61)64/h38-43,56H,4-37,44-53H2,1-3H3/t56-/m0/s1. The number of benzene rings is 1. The summed E-state index contributed by atoms with van der Waals surface area (Å²) in [4.78, 5) is 40.0. The maximum atomic E-state index is 13.0. The fourth-order valence-electron chi connectivity index (χ4n) is 9.00. The Kier molecular flexibility index (Phi) is 42.1. The molecule has 398 valence electrons. The van der Waals surface area contributed by atoms with E-state index < -0.39 is 0 Å². The second-order valence-electron chi connectivity index (χ2n) is 19.6. The number of ether oxygens (including phenoxy) is 5. The molecule has 10 heteroatoms. The highest BCUT2D eigenvalue weighted by atomic mass is 16.6. The Morgan fingerprint density at radius 2 is 0.797 bits per heavy atom. The lowest BCUT2D eigenvalue weighted by molar-refractivity contribution is -0.120. The van der Waals surface area contributed by atoms with Crippen molar-refractivity contribution in [2.24, 2.45) is 0 Å². The third-order valence-corrected chi connectivity index (χ3v) is 13.3. The molecule has 69 heavy (non-hydrogen) atoms. The number of rotatable bonds is 52. The summed E-state index contributed by atoms with van der Waals surface area (Å²) in [6.07, 6.45) is 47.2. The summed E-state index contributed by atoms with van der Waals surface area (Å²) in [6, 6.07) is 6.89. The molecular weight excluding hydrogens is 865 g/mol. The van der Waals surface area contributed by atoms with Crippen LogP contribution in [0.4, 0.5) is 11.4 Å². The Hall–Kier alpha value is -2.63. The van der Waals surface area contributed by atoms with Crippen LogP contribution < -0.4 is 9.80 Å². The minimum Gasteiger partial charge on any atom is -0.379 e. The van der Waals surface area contributed by atoms with E-state index >= 15 is 0 Å². The minimum absolute atomic E-state index is 0.00448. The summed E-state index contributed by atoms with van der Waals surface area (Å²) < 4.78 is 30.1. The van der Waals surface area contributed by atoms with Gasteiger partial charge in [0.05, 0.1) is 51.9 Å². The van der Waals surface area contributed by atoms with Gasteiger partial charge >= 0.3 is 0 Å². The highest BCUT2D eigenvalue weighted by Crippen LogP contribution is 2.24. The van der Waals surface area contributed by atoms with E-state index in [1.54, 1.807) is 29.2 Å². The van der Waals surface area contributed by atoms with Gasteiger partial charge in [0, 0.05) is 44.0 Å². The maximum Gasteiger partial charge on any atom is 0.258 e. The summed E-state index contributed by atoms with van der Waals surface area (Å²) in [5.41, 5.74) is 1.17.